The number of anilines is 1. The van der Waals surface area contributed by atoms with E-state index in [1.54, 1.807) is 50.5 Å². The van der Waals surface area contributed by atoms with Gasteiger partial charge in [0, 0.05) is 22.0 Å². The molecule has 8 nitrogen and oxygen atoms in total. The summed E-state index contributed by atoms with van der Waals surface area (Å²) in [6, 6.07) is 14.3. The molecule has 3 aromatic heterocycles. The molecular formula is C26H24ClN5O3S2. The number of nitrogens with zero attached hydrogens (tertiary/aromatic N) is 4. The van der Waals surface area contributed by atoms with E-state index in [9.17, 15) is 13.5 Å². The maximum atomic E-state index is 12.9. The first-order chi connectivity index (χ1) is 17.6. The lowest BCUT2D eigenvalue weighted by Gasteiger charge is -2.19. The first-order valence-corrected chi connectivity index (χ1v) is 14.3. The first-order valence-electron chi connectivity index (χ1n) is 11.6. The smallest absolute Gasteiger partial charge is 0.256 e. The van der Waals surface area contributed by atoms with Crippen LogP contribution in [0, 0.1) is 0 Å². The lowest BCUT2D eigenvalue weighted by atomic mass is 10.0. The van der Waals surface area contributed by atoms with E-state index in [4.69, 9.17) is 17.3 Å². The predicted molar refractivity (Wildman–Crippen MR) is 150 cm³/mol. The largest absolute Gasteiger partial charge is 0.384 e. The fourth-order valence-corrected chi connectivity index (χ4v) is 6.72. The van der Waals surface area contributed by atoms with Crippen LogP contribution in [-0.4, -0.2) is 40.7 Å². The summed E-state index contributed by atoms with van der Waals surface area (Å²) in [6.07, 6.45) is 4.35. The molecule has 1 atom stereocenters. The highest BCUT2D eigenvalue weighted by Gasteiger charge is 2.36. The molecule has 5 rings (SSSR count). The number of nitrogens with two attached hydrogens (primary N) is 1. The van der Waals surface area contributed by atoms with Crippen LogP contribution in [0.25, 0.3) is 21.3 Å². The second kappa shape index (κ2) is 9.60. The van der Waals surface area contributed by atoms with Gasteiger partial charge in [-0.25, -0.2) is 13.4 Å². The van der Waals surface area contributed by atoms with E-state index in [2.05, 4.69) is 19.4 Å². The van der Waals surface area contributed by atoms with Gasteiger partial charge in [0.15, 0.2) is 5.72 Å². The third-order valence-corrected chi connectivity index (χ3v) is 9.24. The maximum absolute atomic E-state index is 12.9. The van der Waals surface area contributed by atoms with Crippen LogP contribution in [0.15, 0.2) is 64.1 Å². The number of halogens is 1. The number of benzene rings is 1. The van der Waals surface area contributed by atoms with Crippen LogP contribution in [0.3, 0.4) is 0 Å². The molecule has 1 fully saturated rings. The van der Waals surface area contributed by atoms with Gasteiger partial charge in [0.05, 0.1) is 20.8 Å². The zero-order valence-electron chi connectivity index (χ0n) is 20.1. The van der Waals surface area contributed by atoms with E-state index >= 15 is 0 Å². The van der Waals surface area contributed by atoms with Crippen molar-refractivity contribution in [3.8, 4) is 11.3 Å². The molecule has 1 aliphatic rings. The van der Waals surface area contributed by atoms with Crippen molar-refractivity contribution in [1.82, 2.24) is 9.97 Å². The molecule has 1 saturated carbocycles. The zero-order chi connectivity index (χ0) is 26.4. The Morgan fingerprint density at radius 2 is 2.03 bits per heavy atom. The van der Waals surface area contributed by atoms with Gasteiger partial charge in [-0.05, 0) is 68.6 Å². The number of aliphatic imine (C=N–C) groups is 1. The highest BCUT2D eigenvalue weighted by atomic mass is 35.5. The maximum Gasteiger partial charge on any atom is 0.256 e. The van der Waals surface area contributed by atoms with Crippen LogP contribution in [-0.2, 0) is 15.7 Å². The summed E-state index contributed by atoms with van der Waals surface area (Å²) in [5.74, 6) is 0.209. The van der Waals surface area contributed by atoms with Crippen LogP contribution in [0.1, 0.15) is 42.8 Å². The minimum atomic E-state index is -3.74. The molecule has 190 valence electrons. The number of fused-ring (bicyclic) bond motifs is 1. The second-order valence-electron chi connectivity index (χ2n) is 8.89. The van der Waals surface area contributed by atoms with Crippen molar-refractivity contribution < 1.29 is 13.5 Å². The van der Waals surface area contributed by atoms with Crippen LogP contribution >= 0.6 is 22.9 Å². The molecule has 0 amide bonds. The zero-order valence-corrected chi connectivity index (χ0v) is 22.5. The minimum absolute atomic E-state index is 0.165. The third kappa shape index (κ3) is 5.15. The average molecular weight is 554 g/mol. The van der Waals surface area contributed by atoms with E-state index < -0.39 is 21.0 Å². The molecule has 0 radical (unpaired) electrons. The molecule has 4 aromatic rings. The molecule has 37 heavy (non-hydrogen) atoms. The number of pyridine rings is 2. The summed E-state index contributed by atoms with van der Waals surface area (Å²) in [5.41, 5.74) is 6.96. The summed E-state index contributed by atoms with van der Waals surface area (Å²) in [7, 11) is -3.74. The molecule has 0 aliphatic heterocycles. The Morgan fingerprint density at radius 1 is 1.24 bits per heavy atom. The molecule has 3 heterocycles. The van der Waals surface area contributed by atoms with Gasteiger partial charge in [-0.15, -0.1) is 11.3 Å². The Kier molecular flexibility index (Phi) is 6.61. The topological polar surface area (TPSA) is 131 Å². The number of aliphatic hydroxyl groups is 1. The normalized spacial score (nSPS) is 16.4. The summed E-state index contributed by atoms with van der Waals surface area (Å²) in [5, 5.41) is 11.4. The molecule has 1 aromatic carbocycles. The van der Waals surface area contributed by atoms with Crippen molar-refractivity contribution >= 4 is 60.8 Å². The number of hydrogen-bond donors (Lipinski definition) is 2. The quantitative estimate of drug-likeness (QED) is 0.303. The number of nitrogen functional groups attached to an aromatic ring is 1. The van der Waals surface area contributed by atoms with Gasteiger partial charge >= 0.3 is 0 Å². The van der Waals surface area contributed by atoms with Crippen molar-refractivity contribution in [2.75, 3.05) is 5.73 Å². The highest BCUT2D eigenvalue weighted by molar-refractivity contribution is 7.91. The SMILES string of the molecule is CC=NC(C)(O)c1ccnc(-c2cccc3cc(/C(=N/S(=O)(=O)C4CC4)c4nc(N)ccc4Cl)sc23)c1. The molecule has 0 bridgehead atoms. The highest BCUT2D eigenvalue weighted by Crippen LogP contribution is 2.38. The number of sulfonamides is 1. The minimum Gasteiger partial charge on any atom is -0.384 e. The van der Waals surface area contributed by atoms with Gasteiger partial charge in [0.2, 0.25) is 0 Å². The van der Waals surface area contributed by atoms with Gasteiger partial charge in [0.25, 0.3) is 10.0 Å². The van der Waals surface area contributed by atoms with Crippen LogP contribution < -0.4 is 5.73 Å². The van der Waals surface area contributed by atoms with Gasteiger partial charge in [-0.3, -0.25) is 9.98 Å². The third-order valence-electron chi connectivity index (χ3n) is 6.00. The van der Waals surface area contributed by atoms with Crippen molar-refractivity contribution in [3.63, 3.8) is 0 Å². The standard InChI is InChI=1S/C26H24ClN5O3S2/c1-3-30-26(2,33)16-11-12-29-20(14-16)18-6-4-5-15-13-21(36-25(15)18)24(32-37(34,35)17-7-8-17)23-19(27)9-10-22(28)31-23/h3-6,9-14,17,33H,7-8H2,1-2H3,(H2,28,31)/b30-3?,32-24-. The predicted octanol–water partition coefficient (Wildman–Crippen LogP) is 5.18. The van der Waals surface area contributed by atoms with E-state index in [-0.39, 0.29) is 22.2 Å². The first kappa shape index (κ1) is 25.5. The Hall–Kier alpha value is -3.18. The van der Waals surface area contributed by atoms with Crippen molar-refractivity contribution in [1.29, 1.82) is 0 Å². The molecular weight excluding hydrogens is 530 g/mol. The number of aromatic nitrogens is 2. The summed E-state index contributed by atoms with van der Waals surface area (Å²) >= 11 is 7.81. The Balaban J connectivity index is 1.69. The molecule has 0 spiro atoms. The number of rotatable bonds is 7. The van der Waals surface area contributed by atoms with E-state index in [1.165, 1.54) is 11.3 Å². The van der Waals surface area contributed by atoms with Crippen molar-refractivity contribution in [3.05, 3.63) is 75.9 Å². The monoisotopic (exact) mass is 553 g/mol. The van der Waals surface area contributed by atoms with Gasteiger partial charge < -0.3 is 10.8 Å². The van der Waals surface area contributed by atoms with Gasteiger partial charge in [-0.1, -0.05) is 29.8 Å². The number of hydrogen-bond acceptors (Lipinski definition) is 8. The lowest BCUT2D eigenvalue weighted by Crippen LogP contribution is -2.18. The van der Waals surface area contributed by atoms with E-state index in [1.807, 2.05) is 24.3 Å². The fraction of sp³-hybridized carbons (Fsp3) is 0.231. The molecule has 3 N–H and O–H groups in total. The fourth-order valence-electron chi connectivity index (χ4n) is 3.98. The Bertz CT molecular complexity index is 1670. The summed E-state index contributed by atoms with van der Waals surface area (Å²) in [4.78, 5) is 13.6. The van der Waals surface area contributed by atoms with Crippen LogP contribution in [0.4, 0.5) is 5.82 Å². The van der Waals surface area contributed by atoms with Crippen molar-refractivity contribution in [2.24, 2.45) is 9.39 Å². The van der Waals surface area contributed by atoms with E-state index in [0.29, 0.717) is 29.0 Å². The van der Waals surface area contributed by atoms with Crippen LogP contribution in [0.5, 0.6) is 0 Å². The lowest BCUT2D eigenvalue weighted by molar-refractivity contribution is 0.0681. The molecule has 1 aliphatic carbocycles. The number of thiophene rings is 1. The van der Waals surface area contributed by atoms with E-state index in [0.717, 1.165) is 15.6 Å². The Labute approximate surface area is 223 Å². The van der Waals surface area contributed by atoms with Crippen molar-refractivity contribution in [2.45, 2.75) is 37.7 Å². The van der Waals surface area contributed by atoms with Gasteiger partial charge in [0.1, 0.15) is 17.2 Å². The Morgan fingerprint density at radius 3 is 2.76 bits per heavy atom. The second-order valence-corrected chi connectivity index (χ2v) is 12.2. The molecule has 0 saturated heterocycles. The summed E-state index contributed by atoms with van der Waals surface area (Å²) in [6.45, 7) is 3.36. The molecule has 11 heteroatoms. The summed E-state index contributed by atoms with van der Waals surface area (Å²) < 4.78 is 30.9. The van der Waals surface area contributed by atoms with Crippen LogP contribution in [0.2, 0.25) is 5.02 Å². The average Bonchev–Trinajstić information content (AvgIpc) is 3.64. The van der Waals surface area contributed by atoms with Gasteiger partial charge in [-0.2, -0.15) is 4.40 Å². The molecule has 1 unspecified atom stereocenters.